The van der Waals surface area contributed by atoms with Crippen LogP contribution < -0.4 is 10.7 Å². The number of nitrogens with zero attached hydrogens (tertiary/aromatic N) is 1. The van der Waals surface area contributed by atoms with Gasteiger partial charge in [-0.3, -0.25) is 9.59 Å². The molecule has 24 heavy (non-hydrogen) atoms. The van der Waals surface area contributed by atoms with Gasteiger partial charge in [0.2, 0.25) is 0 Å². The van der Waals surface area contributed by atoms with Crippen LogP contribution in [0.2, 0.25) is 10.0 Å². The number of hydrazone groups is 1. The fraction of sp³-hybridized carbons (Fsp3) is 0.118. The van der Waals surface area contributed by atoms with Crippen molar-refractivity contribution in [2.75, 3.05) is 0 Å². The minimum Gasteiger partial charge on any atom is -0.341 e. The molecule has 2 aromatic carbocycles. The van der Waals surface area contributed by atoms with E-state index in [4.69, 9.17) is 23.2 Å². The summed E-state index contributed by atoms with van der Waals surface area (Å²) in [5, 5.41) is 7.00. The van der Waals surface area contributed by atoms with Gasteiger partial charge in [-0.15, -0.1) is 0 Å². The maximum Gasteiger partial charge on any atom is 0.329 e. The van der Waals surface area contributed by atoms with E-state index in [0.29, 0.717) is 15.6 Å². The molecule has 124 valence electrons. The quantitative estimate of drug-likeness (QED) is 0.496. The van der Waals surface area contributed by atoms with E-state index in [0.717, 1.165) is 5.56 Å². The van der Waals surface area contributed by atoms with Gasteiger partial charge in [-0.1, -0.05) is 65.7 Å². The Bertz CT molecular complexity index is 764. The second-order valence-electron chi connectivity index (χ2n) is 4.95. The van der Waals surface area contributed by atoms with Crippen LogP contribution in [-0.2, 0) is 9.59 Å². The molecular weight excluding hydrogens is 349 g/mol. The number of nitrogens with one attached hydrogen (secondary N) is 2. The minimum atomic E-state index is -0.868. The highest BCUT2D eigenvalue weighted by Crippen LogP contribution is 2.24. The van der Waals surface area contributed by atoms with Gasteiger partial charge in [0.1, 0.15) is 0 Å². The summed E-state index contributed by atoms with van der Waals surface area (Å²) < 4.78 is 0. The first-order chi connectivity index (χ1) is 11.5. The molecule has 0 bridgehead atoms. The Labute approximate surface area is 149 Å². The molecule has 0 saturated heterocycles. The van der Waals surface area contributed by atoms with Crippen molar-refractivity contribution in [3.63, 3.8) is 0 Å². The Morgan fingerprint density at radius 2 is 1.75 bits per heavy atom. The third-order valence-electron chi connectivity index (χ3n) is 3.20. The first kappa shape index (κ1) is 18.0. The Kier molecular flexibility index (Phi) is 6.35. The van der Waals surface area contributed by atoms with Crippen molar-refractivity contribution in [3.05, 3.63) is 69.7 Å². The van der Waals surface area contributed by atoms with Crippen molar-refractivity contribution in [2.45, 2.75) is 13.0 Å². The molecule has 1 atom stereocenters. The number of halogens is 2. The van der Waals surface area contributed by atoms with Crippen LogP contribution in [0.1, 0.15) is 24.1 Å². The topological polar surface area (TPSA) is 70.6 Å². The minimum absolute atomic E-state index is 0.296. The third-order valence-corrected chi connectivity index (χ3v) is 4.04. The zero-order valence-electron chi connectivity index (χ0n) is 12.8. The van der Waals surface area contributed by atoms with Gasteiger partial charge in [0.25, 0.3) is 0 Å². The van der Waals surface area contributed by atoms with Crippen LogP contribution >= 0.6 is 23.2 Å². The highest BCUT2D eigenvalue weighted by molar-refractivity contribution is 6.43. The average molecular weight is 364 g/mol. The Balaban J connectivity index is 1.91. The van der Waals surface area contributed by atoms with E-state index in [9.17, 15) is 9.59 Å². The van der Waals surface area contributed by atoms with Gasteiger partial charge < -0.3 is 5.32 Å². The lowest BCUT2D eigenvalue weighted by atomic mass is 10.1. The standard InChI is InChI=1S/C17H15Cl2N3O2/c1-11(12-6-3-2-4-7-12)21-16(23)17(24)22-20-10-13-8-5-9-14(18)15(13)19/h2-11H,1H3,(H,21,23)(H,22,24)/b20-10+. The molecule has 1 unspecified atom stereocenters. The van der Waals surface area contributed by atoms with Gasteiger partial charge in [0.15, 0.2) is 0 Å². The number of hydrogen-bond donors (Lipinski definition) is 2. The van der Waals surface area contributed by atoms with Crippen molar-refractivity contribution < 1.29 is 9.59 Å². The Morgan fingerprint density at radius 3 is 2.46 bits per heavy atom. The molecule has 2 N–H and O–H groups in total. The Hall–Kier alpha value is -2.37. The molecule has 5 nitrogen and oxygen atoms in total. The van der Waals surface area contributed by atoms with E-state index in [1.165, 1.54) is 6.21 Å². The summed E-state index contributed by atoms with van der Waals surface area (Å²) in [7, 11) is 0. The Morgan fingerprint density at radius 1 is 1.04 bits per heavy atom. The molecule has 0 aliphatic rings. The van der Waals surface area contributed by atoms with Gasteiger partial charge >= 0.3 is 11.8 Å². The molecule has 0 spiro atoms. The zero-order valence-corrected chi connectivity index (χ0v) is 14.3. The monoisotopic (exact) mass is 363 g/mol. The van der Waals surface area contributed by atoms with Gasteiger partial charge in [0, 0.05) is 5.56 Å². The average Bonchev–Trinajstić information content (AvgIpc) is 2.59. The van der Waals surface area contributed by atoms with Crippen molar-refractivity contribution >= 4 is 41.2 Å². The van der Waals surface area contributed by atoms with E-state index in [2.05, 4.69) is 15.8 Å². The number of hydrogen-bond acceptors (Lipinski definition) is 3. The summed E-state index contributed by atoms with van der Waals surface area (Å²) >= 11 is 11.9. The maximum atomic E-state index is 11.8. The normalized spacial score (nSPS) is 12.0. The summed E-state index contributed by atoms with van der Waals surface area (Å²) in [6.07, 6.45) is 1.32. The number of benzene rings is 2. The van der Waals surface area contributed by atoms with Crippen molar-refractivity contribution in [2.24, 2.45) is 5.10 Å². The van der Waals surface area contributed by atoms with E-state index in [1.54, 1.807) is 25.1 Å². The van der Waals surface area contributed by atoms with Crippen LogP contribution in [-0.4, -0.2) is 18.0 Å². The second-order valence-corrected chi connectivity index (χ2v) is 5.73. The molecular formula is C17H15Cl2N3O2. The molecule has 2 amide bonds. The molecule has 7 heteroatoms. The molecule has 0 aromatic heterocycles. The molecule has 0 radical (unpaired) electrons. The number of carbonyl (C=O) groups excluding carboxylic acids is 2. The molecule has 0 heterocycles. The lowest BCUT2D eigenvalue weighted by molar-refractivity contribution is -0.139. The second kappa shape index (κ2) is 8.47. The highest BCUT2D eigenvalue weighted by atomic mass is 35.5. The van der Waals surface area contributed by atoms with Gasteiger partial charge in [-0.2, -0.15) is 5.10 Å². The molecule has 0 fully saturated rings. The smallest absolute Gasteiger partial charge is 0.329 e. The van der Waals surface area contributed by atoms with Crippen LogP contribution in [0.15, 0.2) is 53.6 Å². The lowest BCUT2D eigenvalue weighted by Crippen LogP contribution is -2.39. The summed E-state index contributed by atoms with van der Waals surface area (Å²) in [4.78, 5) is 23.6. The zero-order chi connectivity index (χ0) is 17.5. The molecule has 0 saturated carbocycles. The molecule has 2 aromatic rings. The molecule has 2 rings (SSSR count). The number of rotatable bonds is 4. The van der Waals surface area contributed by atoms with E-state index >= 15 is 0 Å². The van der Waals surface area contributed by atoms with E-state index in [1.807, 2.05) is 30.3 Å². The maximum absolute atomic E-state index is 11.8. The summed E-state index contributed by atoms with van der Waals surface area (Å²) in [5.74, 6) is -1.65. The van der Waals surface area contributed by atoms with E-state index in [-0.39, 0.29) is 6.04 Å². The fourth-order valence-corrected chi connectivity index (χ4v) is 2.28. The van der Waals surface area contributed by atoms with Gasteiger partial charge in [-0.25, -0.2) is 5.43 Å². The van der Waals surface area contributed by atoms with Crippen LogP contribution in [0, 0.1) is 0 Å². The lowest BCUT2D eigenvalue weighted by Gasteiger charge is -2.13. The van der Waals surface area contributed by atoms with Crippen LogP contribution in [0.25, 0.3) is 0 Å². The van der Waals surface area contributed by atoms with Crippen molar-refractivity contribution in [1.29, 1.82) is 0 Å². The summed E-state index contributed by atoms with van der Waals surface area (Å²) in [5.41, 5.74) is 3.58. The van der Waals surface area contributed by atoms with Gasteiger partial charge in [-0.05, 0) is 18.6 Å². The number of carbonyl (C=O) groups is 2. The SMILES string of the molecule is CC(NC(=O)C(=O)N/N=C/c1cccc(Cl)c1Cl)c1ccccc1. The largest absolute Gasteiger partial charge is 0.341 e. The third kappa shape index (κ3) is 4.81. The predicted molar refractivity (Wildman–Crippen MR) is 95.2 cm³/mol. The first-order valence-electron chi connectivity index (χ1n) is 7.12. The highest BCUT2D eigenvalue weighted by Gasteiger charge is 2.16. The summed E-state index contributed by atoms with van der Waals surface area (Å²) in [6, 6.07) is 14.0. The molecule has 0 aliphatic carbocycles. The van der Waals surface area contributed by atoms with Crippen LogP contribution in [0.4, 0.5) is 0 Å². The van der Waals surface area contributed by atoms with Crippen molar-refractivity contribution in [1.82, 2.24) is 10.7 Å². The van der Waals surface area contributed by atoms with E-state index < -0.39 is 11.8 Å². The molecule has 0 aliphatic heterocycles. The van der Waals surface area contributed by atoms with Gasteiger partial charge in [0.05, 0.1) is 22.3 Å². The van der Waals surface area contributed by atoms with Crippen LogP contribution in [0.5, 0.6) is 0 Å². The predicted octanol–water partition coefficient (Wildman–Crippen LogP) is 3.32. The van der Waals surface area contributed by atoms with Crippen molar-refractivity contribution in [3.8, 4) is 0 Å². The van der Waals surface area contributed by atoms with Crippen LogP contribution in [0.3, 0.4) is 0 Å². The fourth-order valence-electron chi connectivity index (χ4n) is 1.92. The number of amides is 2. The summed E-state index contributed by atoms with van der Waals surface area (Å²) in [6.45, 7) is 1.79. The first-order valence-corrected chi connectivity index (χ1v) is 7.87.